The van der Waals surface area contributed by atoms with Gasteiger partial charge in [0.2, 0.25) is 0 Å². The number of aromatic carboxylic acids is 3. The predicted molar refractivity (Wildman–Crippen MR) is 110 cm³/mol. The molecule has 33 heavy (non-hydrogen) atoms. The fourth-order valence-corrected chi connectivity index (χ4v) is 2.68. The highest BCUT2D eigenvalue weighted by atomic mass is 16.6. The third-order valence-corrected chi connectivity index (χ3v) is 4.34. The third kappa shape index (κ3) is 5.20. The van der Waals surface area contributed by atoms with Crippen molar-refractivity contribution in [1.82, 2.24) is 0 Å². The van der Waals surface area contributed by atoms with Crippen LogP contribution >= 0.6 is 0 Å². The number of hydrogen-bond donors (Lipinski definition) is 3. The fraction of sp³-hybridized carbons (Fsp3) is 0. The van der Waals surface area contributed by atoms with Gasteiger partial charge in [0.15, 0.2) is 11.5 Å². The van der Waals surface area contributed by atoms with Crippen molar-refractivity contribution in [3.05, 3.63) is 94.5 Å². The van der Waals surface area contributed by atoms with Crippen LogP contribution in [0.25, 0.3) is 0 Å². The first-order valence-electron chi connectivity index (χ1n) is 9.14. The highest BCUT2D eigenvalue weighted by Gasteiger charge is 2.23. The molecule has 10 nitrogen and oxygen atoms in total. The molecule has 0 saturated heterocycles. The Morgan fingerprint density at radius 3 is 1.36 bits per heavy atom. The van der Waals surface area contributed by atoms with E-state index in [-0.39, 0.29) is 28.0 Å². The lowest BCUT2D eigenvalue weighted by Crippen LogP contribution is -2.15. The van der Waals surface area contributed by atoms with Crippen LogP contribution in [-0.4, -0.2) is 45.2 Å². The summed E-state index contributed by atoms with van der Waals surface area (Å²) in [6.07, 6.45) is 0. The average Bonchev–Trinajstić information content (AvgIpc) is 2.79. The molecule has 3 aromatic rings. The summed E-state index contributed by atoms with van der Waals surface area (Å²) in [5, 5.41) is 27.3. The van der Waals surface area contributed by atoms with Crippen LogP contribution in [0.5, 0.6) is 11.5 Å². The minimum Gasteiger partial charge on any atom is -0.478 e. The first kappa shape index (κ1) is 22.7. The molecule has 0 fully saturated rings. The van der Waals surface area contributed by atoms with Gasteiger partial charge in [0.1, 0.15) is 5.56 Å². The Kier molecular flexibility index (Phi) is 6.49. The van der Waals surface area contributed by atoms with Crippen molar-refractivity contribution in [3.63, 3.8) is 0 Å². The van der Waals surface area contributed by atoms with E-state index in [2.05, 4.69) is 0 Å². The lowest BCUT2D eigenvalue weighted by Gasteiger charge is -2.13. The summed E-state index contributed by atoms with van der Waals surface area (Å²) in [6, 6.07) is 13.1. The van der Waals surface area contributed by atoms with Crippen molar-refractivity contribution in [2.75, 3.05) is 0 Å². The summed E-state index contributed by atoms with van der Waals surface area (Å²) < 4.78 is 10.4. The smallest absolute Gasteiger partial charge is 0.343 e. The first-order chi connectivity index (χ1) is 15.7. The van der Waals surface area contributed by atoms with Crippen LogP contribution < -0.4 is 9.47 Å². The Labute approximate surface area is 185 Å². The maximum absolute atomic E-state index is 12.5. The minimum absolute atomic E-state index is 0.0257. The zero-order chi connectivity index (χ0) is 24.1. The number of rotatable bonds is 7. The molecule has 0 aliphatic carbocycles. The summed E-state index contributed by atoms with van der Waals surface area (Å²) >= 11 is 0. The Morgan fingerprint density at radius 1 is 0.515 bits per heavy atom. The molecule has 0 aliphatic rings. The monoisotopic (exact) mass is 450 g/mol. The lowest BCUT2D eigenvalue weighted by molar-refractivity contribution is 0.0650. The molecule has 3 N–H and O–H groups in total. The Hall–Kier alpha value is -4.99. The van der Waals surface area contributed by atoms with E-state index in [0.29, 0.717) is 0 Å². The molecule has 0 spiro atoms. The van der Waals surface area contributed by atoms with Gasteiger partial charge in [-0.05, 0) is 60.7 Å². The molecule has 0 aromatic heterocycles. The summed E-state index contributed by atoms with van der Waals surface area (Å²) in [5.74, 6) is -6.69. The van der Waals surface area contributed by atoms with Gasteiger partial charge in [0.25, 0.3) is 0 Å². The van der Waals surface area contributed by atoms with Crippen molar-refractivity contribution in [2.24, 2.45) is 0 Å². The number of para-hydroxylation sites is 1. The van der Waals surface area contributed by atoms with Crippen molar-refractivity contribution in [3.8, 4) is 11.5 Å². The highest BCUT2D eigenvalue weighted by Crippen LogP contribution is 2.33. The number of hydrogen-bond acceptors (Lipinski definition) is 7. The molecule has 0 radical (unpaired) electrons. The molecule has 10 heteroatoms. The van der Waals surface area contributed by atoms with E-state index in [1.807, 2.05) is 0 Å². The van der Waals surface area contributed by atoms with Gasteiger partial charge in [-0.1, -0.05) is 6.07 Å². The van der Waals surface area contributed by atoms with Gasteiger partial charge < -0.3 is 24.8 Å². The number of carboxylic acid groups (broad SMARTS) is 3. The van der Waals surface area contributed by atoms with E-state index in [1.165, 1.54) is 60.7 Å². The second-order valence-corrected chi connectivity index (χ2v) is 6.48. The summed E-state index contributed by atoms with van der Waals surface area (Å²) in [4.78, 5) is 58.5. The van der Waals surface area contributed by atoms with Crippen molar-refractivity contribution in [2.45, 2.75) is 0 Å². The number of ether oxygens (including phenoxy) is 2. The van der Waals surface area contributed by atoms with Crippen LogP contribution in [0.3, 0.4) is 0 Å². The van der Waals surface area contributed by atoms with Crippen LogP contribution in [0.1, 0.15) is 51.8 Å². The predicted octanol–water partition coefficient (Wildman–Crippen LogP) is 3.22. The number of carbonyl (C=O) groups excluding carboxylic acids is 2. The van der Waals surface area contributed by atoms with Crippen molar-refractivity contribution in [1.29, 1.82) is 0 Å². The average molecular weight is 450 g/mol. The molecule has 0 atom stereocenters. The minimum atomic E-state index is -1.46. The second-order valence-electron chi connectivity index (χ2n) is 6.48. The van der Waals surface area contributed by atoms with E-state index in [1.54, 1.807) is 0 Å². The van der Waals surface area contributed by atoms with E-state index in [4.69, 9.17) is 19.7 Å². The molecule has 0 unspecified atom stereocenters. The number of benzene rings is 3. The second kappa shape index (κ2) is 9.43. The van der Waals surface area contributed by atoms with E-state index < -0.39 is 41.2 Å². The largest absolute Gasteiger partial charge is 0.478 e. The van der Waals surface area contributed by atoms with Crippen LogP contribution in [0, 0.1) is 0 Å². The van der Waals surface area contributed by atoms with Gasteiger partial charge in [-0.15, -0.1) is 0 Å². The number of carboxylic acids is 3. The van der Waals surface area contributed by atoms with E-state index in [9.17, 15) is 29.1 Å². The van der Waals surface area contributed by atoms with Crippen LogP contribution in [0.15, 0.2) is 66.7 Å². The quantitative estimate of drug-likeness (QED) is 0.359. The molecule has 0 aliphatic heterocycles. The van der Waals surface area contributed by atoms with Gasteiger partial charge in [0, 0.05) is 0 Å². The Morgan fingerprint density at radius 2 is 0.939 bits per heavy atom. The van der Waals surface area contributed by atoms with Gasteiger partial charge in [-0.2, -0.15) is 0 Å². The Balaban J connectivity index is 1.90. The molecular formula is C23H14O10. The third-order valence-electron chi connectivity index (χ3n) is 4.34. The molecule has 3 rings (SSSR count). The van der Waals surface area contributed by atoms with Crippen LogP contribution in [0.4, 0.5) is 0 Å². The Bertz CT molecular complexity index is 1260. The number of carbonyl (C=O) groups is 5. The topological polar surface area (TPSA) is 164 Å². The van der Waals surface area contributed by atoms with Gasteiger partial charge in [-0.25, -0.2) is 24.0 Å². The SMILES string of the molecule is O=C(O)c1ccc(C(=O)Oc2cccc(C(=O)O)c2OC(=O)c2ccc(C(=O)O)cc2)cc1. The van der Waals surface area contributed by atoms with Gasteiger partial charge in [0.05, 0.1) is 22.3 Å². The zero-order valence-electron chi connectivity index (χ0n) is 16.6. The maximum Gasteiger partial charge on any atom is 0.343 e. The van der Waals surface area contributed by atoms with Crippen molar-refractivity contribution >= 4 is 29.8 Å². The summed E-state index contributed by atoms with van der Waals surface area (Å²) in [6.45, 7) is 0. The molecule has 0 heterocycles. The molecule has 3 aromatic carbocycles. The zero-order valence-corrected chi connectivity index (χ0v) is 16.6. The molecule has 166 valence electrons. The van der Waals surface area contributed by atoms with Crippen LogP contribution in [-0.2, 0) is 0 Å². The maximum atomic E-state index is 12.5. The van der Waals surface area contributed by atoms with Crippen LogP contribution in [0.2, 0.25) is 0 Å². The first-order valence-corrected chi connectivity index (χ1v) is 9.14. The summed E-state index contributed by atoms with van der Waals surface area (Å²) in [7, 11) is 0. The van der Waals surface area contributed by atoms with E-state index >= 15 is 0 Å². The highest BCUT2D eigenvalue weighted by molar-refractivity contribution is 5.98. The summed E-state index contributed by atoms with van der Waals surface area (Å²) in [5.41, 5.74) is -0.676. The normalized spacial score (nSPS) is 10.2. The number of esters is 2. The molecule has 0 bridgehead atoms. The fourth-order valence-electron chi connectivity index (χ4n) is 2.68. The molecular weight excluding hydrogens is 436 g/mol. The molecule has 0 saturated carbocycles. The van der Waals surface area contributed by atoms with E-state index in [0.717, 1.165) is 6.07 Å². The van der Waals surface area contributed by atoms with Crippen molar-refractivity contribution < 1.29 is 48.8 Å². The standard InChI is InChI=1S/C23H14O10/c24-19(25)12-4-8-14(9-5-12)22(30)32-17-3-1-2-16(21(28)29)18(17)33-23(31)15-10-6-13(7-11-15)20(26)27/h1-11H,(H,24,25)(H,26,27)(H,28,29). The van der Waals surface area contributed by atoms with Gasteiger partial charge >= 0.3 is 29.8 Å². The lowest BCUT2D eigenvalue weighted by atomic mass is 10.1. The molecule has 0 amide bonds. The van der Waals surface area contributed by atoms with Gasteiger partial charge in [-0.3, -0.25) is 0 Å².